The SMILES string of the molecule is Cc1c([N+](=O)[O-])ccc(Cl)c1Cl.Nc1c([N+](=O)[O-])ccc(Cl)c1Cl.O=c1[nH]c(Cl)nc2ncn(CCN3CCOCC3)c12.[2H]c1c(C#N)ccc(Cl)c1Cl.[2H]c1c(CN)ccc(Cl)c1Cl.[2H]c1c(CNc2nc3ncn(CCN4CCOCC4)c3c(=O)[nH]2)ccc(Cl)c1Cl.[2H]c1c(N)ccc(Cl)c1Cl.[2H]c1c([N+](=O)[O-])ccc(Cl)c1Cl.[AlH3].[C-]#N.[Cu+].[H-].[Li+]. The smallest absolute Gasteiger partial charge is 1.00 e. The van der Waals surface area contributed by atoms with Gasteiger partial charge in [0.15, 0.2) is 39.7 Å². The Balaban J connectivity index is 0.000000714. The molecule has 0 saturated carbocycles. The maximum absolute atomic E-state index is 12.6. The van der Waals surface area contributed by atoms with Crippen LogP contribution in [0, 0.1) is 60.4 Å². The van der Waals surface area contributed by atoms with Gasteiger partial charge in [-0.2, -0.15) is 15.2 Å². The Kier molecular flexibility index (Phi) is 45.0. The van der Waals surface area contributed by atoms with Crippen LogP contribution in [0.1, 0.15) is 30.5 Å². The van der Waals surface area contributed by atoms with E-state index in [0.29, 0.717) is 89.5 Å². The largest absolute Gasteiger partial charge is 1.00 e. The number of imidazole rings is 2. The standard InChI is InChI=1S/C18H20Cl2N6O2.C11H14ClN5O2.C7H5Cl2NO2.C7H7Cl2N.C7H3Cl2N.C6H4Cl2N2O2.C6H3Cl2NO2.C6H5Cl2N.CN.Al.Cu.Li.4H/c19-13-2-1-12(9-14(13)20)10-21-18-23-16-15(17(27)24-18)26(11-22-16)4-3-25-5-7-28-8-6-25;12-11-14-9-8(10(18)15-11)17(7-13-9)2-1-16-3-5-19-6-4-16;1-4-6(10(11)12)3-2-5(8)7(4)9;2*8-6-2-1-5(4-10)3-7(6)9;7-3-1-2-4(10(11)12)6(9)5(3)8;7-5-2-1-4(9(10)11)3-6(5)8;7-5-2-1-4(9)3-6(5)8;1-2;;;;;;;/h1-2,9,11H,3-8,10H2,(H2,21,23,24,27);7H,1-6H2,(H,14,15,18);2-3H,1H3;1-3H,4,10H2;1-3H;1-2H,9H2;1-3H;1-3H,9H2;;;;;;;;/q;;;;;;;;-1;;2*+1;;;;-1/i9D;;;2*3D;;2*3D;;;;;;;;. The second-order valence-corrected chi connectivity index (χ2v) is 27.9. The first kappa shape index (κ1) is 96.7. The van der Waals surface area contributed by atoms with Crippen molar-refractivity contribution in [2.24, 2.45) is 5.73 Å². The van der Waals surface area contributed by atoms with E-state index in [-0.39, 0.29) is 187 Å². The van der Waals surface area contributed by atoms with E-state index in [0.717, 1.165) is 71.8 Å². The van der Waals surface area contributed by atoms with Crippen molar-refractivity contribution in [3.63, 3.8) is 0 Å². The van der Waals surface area contributed by atoms with Gasteiger partial charge in [-0.3, -0.25) is 59.7 Å². The number of nitrogens with zero attached hydrogens (tertiary/aromatic N) is 13. The number of aromatic amines is 2. The molecule has 2 aliphatic rings. The molecule has 47 heteroatoms. The molecule has 616 valence electrons. The minimum Gasteiger partial charge on any atom is -1.00 e. The molecule has 2 aliphatic heterocycles. The van der Waals surface area contributed by atoms with Gasteiger partial charge in [-0.15, -0.1) is 0 Å². The van der Waals surface area contributed by atoms with Gasteiger partial charge in [0.2, 0.25) is 11.2 Å². The maximum Gasteiger partial charge on any atom is 1.00 e. The molecule has 0 amide bonds. The van der Waals surface area contributed by atoms with Gasteiger partial charge in [0.05, 0.1) is 143 Å². The molecule has 2 saturated heterocycles. The summed E-state index contributed by atoms with van der Waals surface area (Å²) in [6, 6.07) is 22.4. The number of hydrogen-bond acceptors (Lipinski definition) is 22. The number of halogens is 15. The number of hydrogen-bond donors (Lipinski definition) is 6. The number of morpholine rings is 2. The van der Waals surface area contributed by atoms with Gasteiger partial charge in [0.25, 0.3) is 28.2 Å². The zero-order valence-electron chi connectivity index (χ0n) is 65.2. The number of H-pyrrole nitrogens is 2. The minimum absolute atomic E-state index is 0. The number of anilines is 3. The van der Waals surface area contributed by atoms with Crippen LogP contribution < -0.4 is 52.5 Å². The van der Waals surface area contributed by atoms with E-state index in [2.05, 4.69) is 45.0 Å². The van der Waals surface area contributed by atoms with Crippen LogP contribution in [0.25, 0.3) is 22.3 Å². The van der Waals surface area contributed by atoms with Crippen molar-refractivity contribution >= 4 is 248 Å². The molecule has 6 heterocycles. The summed E-state index contributed by atoms with van der Waals surface area (Å²) in [5.41, 5.74) is 18.8. The van der Waals surface area contributed by atoms with E-state index in [9.17, 15) is 39.9 Å². The van der Waals surface area contributed by atoms with Crippen LogP contribution in [0.15, 0.2) is 137 Å². The number of nitrogens with one attached hydrogen (secondary N) is 3. The van der Waals surface area contributed by atoms with E-state index in [1.165, 1.54) is 42.5 Å². The van der Waals surface area contributed by atoms with Crippen molar-refractivity contribution in [2.75, 3.05) is 82.5 Å². The van der Waals surface area contributed by atoms with Crippen LogP contribution in [-0.4, -0.2) is 147 Å². The van der Waals surface area contributed by atoms with Crippen LogP contribution >= 0.6 is 174 Å². The summed E-state index contributed by atoms with van der Waals surface area (Å²) in [4.78, 5) is 80.2. The van der Waals surface area contributed by atoms with Crippen molar-refractivity contribution in [3.8, 4) is 6.07 Å². The fraction of sp³-hybridized carbons (Fsp3) is 0.217. The Morgan fingerprint density at radius 3 is 1.45 bits per heavy atom. The first-order valence-corrected chi connectivity index (χ1v) is 37.3. The molecule has 0 atom stereocenters. The molecule has 9 N–H and O–H groups in total. The average molecular weight is 1950 g/mol. The second-order valence-electron chi connectivity index (χ2n) is 22.0. The second kappa shape index (κ2) is 54.0. The van der Waals surface area contributed by atoms with Crippen molar-refractivity contribution in [2.45, 2.75) is 33.1 Å². The van der Waals surface area contributed by atoms with E-state index in [1.807, 2.05) is 15.2 Å². The number of aromatic nitrogens is 8. The van der Waals surface area contributed by atoms with Crippen LogP contribution in [0.2, 0.25) is 75.6 Å². The third-order valence-electron chi connectivity index (χ3n) is 14.6. The molecular formula is C69H65AlCl15CuLiN19O10. The summed E-state index contributed by atoms with van der Waals surface area (Å²) >= 11 is 84.8. The summed E-state index contributed by atoms with van der Waals surface area (Å²) in [6.07, 6.45) is 3.27. The van der Waals surface area contributed by atoms with Gasteiger partial charge >= 0.3 is 35.9 Å². The van der Waals surface area contributed by atoms with Crippen molar-refractivity contribution in [3.05, 3.63) is 283 Å². The summed E-state index contributed by atoms with van der Waals surface area (Å²) in [5.74, 6) is 0.284. The van der Waals surface area contributed by atoms with E-state index < -0.39 is 14.8 Å². The van der Waals surface area contributed by atoms with Crippen LogP contribution in [0.3, 0.4) is 0 Å². The molecular weight excluding hydrogens is 1880 g/mol. The van der Waals surface area contributed by atoms with Crippen LogP contribution in [0.4, 0.5) is 34.4 Å². The molecule has 0 radical (unpaired) electrons. The molecule has 0 unspecified atom stereocenters. The maximum atomic E-state index is 12.6. The molecule has 0 bridgehead atoms. The number of benzene rings is 7. The number of nitrogens with two attached hydrogens (primary N) is 3. The molecule has 7 aromatic carbocycles. The quantitative estimate of drug-likeness (QED) is 0.0156. The monoisotopic (exact) mass is 1950 g/mol. The topological polar surface area (TPSA) is 419 Å². The number of nitro groups is 3. The van der Waals surface area contributed by atoms with E-state index in [1.54, 1.807) is 56.0 Å². The Morgan fingerprint density at radius 2 is 0.966 bits per heavy atom. The Bertz CT molecular complexity index is 5430. The number of fused-ring (bicyclic) bond motifs is 2. The number of rotatable bonds is 13. The average Bonchev–Trinajstić information content (AvgIpc) is 1.65. The number of ether oxygens (including phenoxy) is 2. The fourth-order valence-electron chi connectivity index (χ4n) is 8.97. The summed E-state index contributed by atoms with van der Waals surface area (Å²) in [5, 5.41) is 51.8. The van der Waals surface area contributed by atoms with E-state index >= 15 is 0 Å². The van der Waals surface area contributed by atoms with Crippen molar-refractivity contribution < 1.29 is 68.5 Å². The Hall–Kier alpha value is -6.38. The Morgan fingerprint density at radius 1 is 0.552 bits per heavy atom. The normalized spacial score (nSPS) is 12.4. The third-order valence-corrected chi connectivity index (χ3v) is 20.1. The van der Waals surface area contributed by atoms with Gasteiger partial charge < -0.3 is 54.4 Å². The molecule has 0 aliphatic carbocycles. The van der Waals surface area contributed by atoms with Crippen LogP contribution in [-0.2, 0) is 52.7 Å². The molecule has 29 nitrogen and oxygen atoms in total. The van der Waals surface area contributed by atoms with Crippen LogP contribution in [0.5, 0.6) is 0 Å². The third kappa shape index (κ3) is 34.0. The van der Waals surface area contributed by atoms with Crippen molar-refractivity contribution in [1.29, 1.82) is 10.5 Å². The van der Waals surface area contributed by atoms with Crippen molar-refractivity contribution in [1.82, 2.24) is 48.8 Å². The number of nitrogen functional groups attached to an aromatic ring is 2. The summed E-state index contributed by atoms with van der Waals surface area (Å²) in [7, 11) is 0. The Labute approximate surface area is 779 Å². The summed E-state index contributed by atoms with van der Waals surface area (Å²) in [6.45, 7) is 16.6. The molecule has 0 spiro atoms. The summed E-state index contributed by atoms with van der Waals surface area (Å²) < 4.78 is 51.5. The molecule has 11 aromatic rings. The molecule has 13 rings (SSSR count). The number of nitro benzene ring substituents is 3. The van der Waals surface area contributed by atoms with Gasteiger partial charge in [0.1, 0.15) is 5.69 Å². The van der Waals surface area contributed by atoms with E-state index in [4.69, 9.17) is 225 Å². The number of nitriles is 1. The molecule has 116 heavy (non-hydrogen) atoms. The zero-order chi connectivity index (χ0) is 88.1. The first-order chi connectivity index (χ1) is 55.8. The zero-order valence-corrected chi connectivity index (χ0v) is 71.5. The predicted molar refractivity (Wildman–Crippen MR) is 461 cm³/mol. The van der Waals surface area contributed by atoms with Gasteiger partial charge in [-0.25, -0.2) is 9.97 Å². The minimum atomic E-state index is -0.676. The molecule has 4 aromatic heterocycles. The van der Waals surface area contributed by atoms with Gasteiger partial charge in [-0.1, -0.05) is 175 Å². The first-order valence-electron chi connectivity index (χ1n) is 34.1. The van der Waals surface area contributed by atoms with Gasteiger partial charge in [0, 0.05) is 101 Å². The predicted octanol–water partition coefficient (Wildman–Crippen LogP) is 15.0. The fourth-order valence-corrected chi connectivity index (χ4v) is 11.2. The molecule has 2 fully saturated rings. The van der Waals surface area contributed by atoms with Gasteiger partial charge in [-0.05, 0) is 108 Å².